The number of aromatic nitrogens is 1. The van der Waals surface area contributed by atoms with E-state index in [1.54, 1.807) is 7.11 Å². The number of methoxy groups -OCH3 is 3. The Bertz CT molecular complexity index is 332. The molecule has 16 heavy (non-hydrogen) atoms. The van der Waals surface area contributed by atoms with Gasteiger partial charge in [-0.2, -0.15) is 4.37 Å². The molecule has 0 fully saturated rings. The van der Waals surface area contributed by atoms with Crippen molar-refractivity contribution in [1.82, 2.24) is 9.69 Å². The van der Waals surface area contributed by atoms with Gasteiger partial charge in [0.25, 0.3) is 0 Å². The summed E-state index contributed by atoms with van der Waals surface area (Å²) < 4.78 is 18.8. The standard InChI is InChI=1S/C9H14N2O4S/c1-13-7(12)5-10-4-6-8(14-2)11-16-9(6)15-3/h10H,4-5H2,1-3H3. The number of carbonyl (C=O) groups excluding carboxylic acids is 1. The lowest BCUT2D eigenvalue weighted by Crippen LogP contribution is -2.23. The van der Waals surface area contributed by atoms with E-state index in [-0.39, 0.29) is 12.5 Å². The number of hydrogen-bond donors (Lipinski definition) is 1. The molecule has 1 rings (SSSR count). The third kappa shape index (κ3) is 3.07. The summed E-state index contributed by atoms with van der Waals surface area (Å²) in [6.45, 7) is 0.580. The van der Waals surface area contributed by atoms with Gasteiger partial charge in [0.05, 0.1) is 33.4 Å². The maximum absolute atomic E-state index is 10.9. The van der Waals surface area contributed by atoms with Gasteiger partial charge in [0.2, 0.25) is 10.9 Å². The Labute approximate surface area is 97.7 Å². The second-order valence-corrected chi connectivity index (χ2v) is 3.58. The van der Waals surface area contributed by atoms with Gasteiger partial charge in [-0.3, -0.25) is 4.79 Å². The van der Waals surface area contributed by atoms with Gasteiger partial charge in [-0.15, -0.1) is 0 Å². The number of carbonyl (C=O) groups is 1. The number of hydrogen-bond acceptors (Lipinski definition) is 7. The zero-order valence-electron chi connectivity index (χ0n) is 9.40. The van der Waals surface area contributed by atoms with Crippen molar-refractivity contribution in [3.05, 3.63) is 5.56 Å². The summed E-state index contributed by atoms with van der Waals surface area (Å²) >= 11 is 1.21. The van der Waals surface area contributed by atoms with E-state index < -0.39 is 0 Å². The maximum Gasteiger partial charge on any atom is 0.319 e. The van der Waals surface area contributed by atoms with Crippen LogP contribution < -0.4 is 14.8 Å². The first-order valence-electron chi connectivity index (χ1n) is 4.57. The molecule has 0 unspecified atom stereocenters. The second-order valence-electron chi connectivity index (χ2n) is 2.84. The molecular formula is C9H14N2O4S. The third-order valence-electron chi connectivity index (χ3n) is 1.89. The van der Waals surface area contributed by atoms with E-state index in [4.69, 9.17) is 9.47 Å². The number of ether oxygens (including phenoxy) is 3. The van der Waals surface area contributed by atoms with Crippen LogP contribution in [0, 0.1) is 0 Å². The van der Waals surface area contributed by atoms with Gasteiger partial charge in [-0.1, -0.05) is 0 Å². The molecule has 0 amide bonds. The topological polar surface area (TPSA) is 69.7 Å². The van der Waals surface area contributed by atoms with E-state index in [9.17, 15) is 4.79 Å². The Morgan fingerprint density at radius 2 is 2.12 bits per heavy atom. The van der Waals surface area contributed by atoms with Crippen molar-refractivity contribution in [3.63, 3.8) is 0 Å². The largest absolute Gasteiger partial charge is 0.486 e. The Morgan fingerprint density at radius 1 is 1.38 bits per heavy atom. The van der Waals surface area contributed by atoms with Gasteiger partial charge in [0.1, 0.15) is 0 Å². The highest BCUT2D eigenvalue weighted by Gasteiger charge is 2.14. The minimum atomic E-state index is -0.318. The molecule has 1 heterocycles. The molecule has 1 N–H and O–H groups in total. The van der Waals surface area contributed by atoms with Crippen molar-refractivity contribution in [2.75, 3.05) is 27.9 Å². The summed E-state index contributed by atoms with van der Waals surface area (Å²) in [6, 6.07) is 0. The normalized spacial score (nSPS) is 9.94. The Balaban J connectivity index is 2.57. The summed E-state index contributed by atoms with van der Waals surface area (Å²) in [6.07, 6.45) is 0. The first kappa shape index (κ1) is 12.7. The molecule has 0 atom stereocenters. The van der Waals surface area contributed by atoms with E-state index in [1.165, 1.54) is 25.8 Å². The fourth-order valence-corrected chi connectivity index (χ4v) is 1.81. The van der Waals surface area contributed by atoms with Gasteiger partial charge in [0.15, 0.2) is 0 Å². The lowest BCUT2D eigenvalue weighted by Gasteiger charge is -2.05. The zero-order chi connectivity index (χ0) is 12.0. The number of nitrogens with zero attached hydrogens (tertiary/aromatic N) is 1. The highest BCUT2D eigenvalue weighted by molar-refractivity contribution is 7.08. The zero-order valence-corrected chi connectivity index (χ0v) is 10.2. The summed E-state index contributed by atoms with van der Waals surface area (Å²) in [5.41, 5.74) is 0.805. The van der Waals surface area contributed by atoms with Crippen LogP contribution in [0.4, 0.5) is 0 Å². The average Bonchev–Trinajstić information content (AvgIpc) is 2.71. The molecular weight excluding hydrogens is 232 g/mol. The molecule has 0 radical (unpaired) electrons. The highest BCUT2D eigenvalue weighted by atomic mass is 32.1. The fourth-order valence-electron chi connectivity index (χ4n) is 1.11. The second kappa shape index (κ2) is 6.29. The lowest BCUT2D eigenvalue weighted by molar-refractivity contribution is -0.139. The molecule has 0 aliphatic carbocycles. The van der Waals surface area contributed by atoms with Crippen LogP contribution in [0.15, 0.2) is 0 Å². The SMILES string of the molecule is COC(=O)CNCc1c(OC)nsc1OC. The van der Waals surface area contributed by atoms with Crippen LogP contribution in [-0.4, -0.2) is 38.2 Å². The van der Waals surface area contributed by atoms with Crippen molar-refractivity contribution in [2.24, 2.45) is 0 Å². The van der Waals surface area contributed by atoms with Crippen molar-refractivity contribution >= 4 is 17.5 Å². The summed E-state index contributed by atoms with van der Waals surface area (Å²) in [4.78, 5) is 10.9. The minimum Gasteiger partial charge on any atom is -0.486 e. The smallest absolute Gasteiger partial charge is 0.319 e. The van der Waals surface area contributed by atoms with Gasteiger partial charge in [0, 0.05) is 18.1 Å². The van der Waals surface area contributed by atoms with Crippen LogP contribution in [0.2, 0.25) is 0 Å². The maximum atomic E-state index is 10.9. The monoisotopic (exact) mass is 246 g/mol. The van der Waals surface area contributed by atoms with Crippen LogP contribution in [-0.2, 0) is 16.1 Å². The Morgan fingerprint density at radius 3 is 2.69 bits per heavy atom. The first-order chi connectivity index (χ1) is 7.72. The summed E-state index contributed by atoms with van der Waals surface area (Å²) in [7, 11) is 4.45. The van der Waals surface area contributed by atoms with Crippen molar-refractivity contribution < 1.29 is 19.0 Å². The molecule has 90 valence electrons. The van der Waals surface area contributed by atoms with Crippen molar-refractivity contribution in [3.8, 4) is 10.9 Å². The Hall–Kier alpha value is -1.34. The molecule has 6 nitrogen and oxygen atoms in total. The first-order valence-corrected chi connectivity index (χ1v) is 5.34. The van der Waals surface area contributed by atoms with Crippen LogP contribution in [0.25, 0.3) is 0 Å². The van der Waals surface area contributed by atoms with Gasteiger partial charge >= 0.3 is 5.97 Å². The van der Waals surface area contributed by atoms with Gasteiger partial charge in [-0.25, -0.2) is 0 Å². The quantitative estimate of drug-likeness (QED) is 0.734. The highest BCUT2D eigenvalue weighted by Crippen LogP contribution is 2.31. The molecule has 0 saturated heterocycles. The number of rotatable bonds is 6. The molecule has 0 bridgehead atoms. The fraction of sp³-hybridized carbons (Fsp3) is 0.556. The third-order valence-corrected chi connectivity index (χ3v) is 2.73. The Kier molecular flexibility index (Phi) is 5.00. The van der Waals surface area contributed by atoms with Gasteiger partial charge < -0.3 is 19.5 Å². The molecule has 0 aromatic carbocycles. The molecule has 0 aliphatic heterocycles. The minimum absolute atomic E-state index is 0.138. The molecule has 7 heteroatoms. The van der Waals surface area contributed by atoms with E-state index in [1.807, 2.05) is 0 Å². The van der Waals surface area contributed by atoms with Crippen LogP contribution in [0.5, 0.6) is 10.9 Å². The predicted octanol–water partition coefficient (Wildman–Crippen LogP) is 0.423. The number of nitrogens with one attached hydrogen (secondary N) is 1. The van der Waals surface area contributed by atoms with Crippen LogP contribution in [0.3, 0.4) is 0 Å². The summed E-state index contributed by atoms with van der Waals surface area (Å²) in [5, 5.41) is 3.60. The van der Waals surface area contributed by atoms with E-state index in [0.29, 0.717) is 17.5 Å². The van der Waals surface area contributed by atoms with Crippen LogP contribution in [0.1, 0.15) is 5.56 Å². The predicted molar refractivity (Wildman–Crippen MR) is 58.9 cm³/mol. The molecule has 0 aliphatic rings. The van der Waals surface area contributed by atoms with E-state index in [2.05, 4.69) is 14.4 Å². The average molecular weight is 246 g/mol. The number of esters is 1. The molecule has 0 saturated carbocycles. The molecule has 0 spiro atoms. The summed E-state index contributed by atoms with van der Waals surface area (Å²) in [5.74, 6) is 0.195. The van der Waals surface area contributed by atoms with Crippen LogP contribution >= 0.6 is 11.5 Å². The molecule has 1 aromatic heterocycles. The van der Waals surface area contributed by atoms with Gasteiger partial charge in [-0.05, 0) is 0 Å². The van der Waals surface area contributed by atoms with E-state index in [0.717, 1.165) is 5.56 Å². The van der Waals surface area contributed by atoms with E-state index >= 15 is 0 Å². The molecule has 1 aromatic rings. The van der Waals surface area contributed by atoms with Crippen molar-refractivity contribution in [1.29, 1.82) is 0 Å². The lowest BCUT2D eigenvalue weighted by atomic mass is 10.3. The van der Waals surface area contributed by atoms with Crippen molar-refractivity contribution in [2.45, 2.75) is 6.54 Å².